The molecule has 7 heteroatoms. The number of ketones is 1. The molecule has 2 aromatic heterocycles. The van der Waals surface area contributed by atoms with Gasteiger partial charge in [-0.25, -0.2) is 4.98 Å². The summed E-state index contributed by atoms with van der Waals surface area (Å²) in [6.07, 6.45) is 6.63. The maximum Gasteiger partial charge on any atom is 0.162 e. The minimum atomic E-state index is -1.66. The van der Waals surface area contributed by atoms with Gasteiger partial charge in [0.05, 0.1) is 19.3 Å². The Morgan fingerprint density at radius 2 is 1.56 bits per heavy atom. The molecule has 0 aliphatic heterocycles. The van der Waals surface area contributed by atoms with Crippen LogP contribution in [0, 0.1) is 23.8 Å². The number of carbonyl (C=O) groups excluding carboxylic acids is 1. The van der Waals surface area contributed by atoms with Crippen molar-refractivity contribution in [2.75, 3.05) is 0 Å². The number of hydrogen-bond acceptors (Lipinski definition) is 5. The molecule has 0 atom stereocenters. The quantitative estimate of drug-likeness (QED) is 0.0621. The number of nitrogens with zero attached hydrogens (tertiary/aromatic N) is 2. The standard InChI is InChI=1S/C30H33N2SSi.C13H24O2.Ir/c1-19(2)17-34(6,7)26-15-21(14-20-10-8-9-11-23(20)26)27-29-28(32-18-31-27)24-13-12-22(30(3,4)5)16-25(24)33-29;1-5-10(6-2)12(14)9-13(15)11(7-3)8-4;/h8-13,15-16,18-19H,17H2,1-7H3;9-11,14H,5-8H2,1-4H3;/q-1;;/b;12-9-;. The van der Waals surface area contributed by atoms with Crippen molar-refractivity contribution in [2.45, 2.75) is 113 Å². The molecule has 271 valence electrons. The van der Waals surface area contributed by atoms with E-state index in [1.54, 1.807) is 6.33 Å². The molecule has 1 radical (unpaired) electrons. The summed E-state index contributed by atoms with van der Waals surface area (Å²) < 4.78 is 2.43. The number of carbonyl (C=O) groups is 1. The van der Waals surface area contributed by atoms with Crippen molar-refractivity contribution in [3.05, 3.63) is 78.3 Å². The number of fused-ring (bicyclic) bond motifs is 4. The second kappa shape index (κ2) is 17.7. The third-order valence-corrected chi connectivity index (χ3v) is 14.7. The second-order valence-electron chi connectivity index (χ2n) is 15.6. The average molecular weight is 886 g/mol. The molecule has 0 fully saturated rings. The third-order valence-electron chi connectivity index (χ3n) is 9.88. The zero-order chi connectivity index (χ0) is 36.1. The Morgan fingerprint density at radius 3 is 2.16 bits per heavy atom. The van der Waals surface area contributed by atoms with Crippen molar-refractivity contribution in [3.63, 3.8) is 0 Å². The Balaban J connectivity index is 0.000000361. The van der Waals surface area contributed by atoms with E-state index in [1.165, 1.54) is 43.7 Å². The Kier molecular flexibility index (Phi) is 14.8. The summed E-state index contributed by atoms with van der Waals surface area (Å²) >= 11 is 1.81. The van der Waals surface area contributed by atoms with E-state index in [0.717, 1.165) is 47.2 Å². The van der Waals surface area contributed by atoms with Crippen molar-refractivity contribution in [1.29, 1.82) is 0 Å². The van der Waals surface area contributed by atoms with Gasteiger partial charge in [-0.2, -0.15) is 0 Å². The molecule has 50 heavy (non-hydrogen) atoms. The van der Waals surface area contributed by atoms with Crippen LogP contribution in [-0.2, 0) is 30.3 Å². The predicted molar refractivity (Wildman–Crippen MR) is 216 cm³/mol. The number of aliphatic hydroxyl groups excluding tert-OH is 1. The monoisotopic (exact) mass is 886 g/mol. The minimum absolute atomic E-state index is 0. The molecule has 4 nitrogen and oxygen atoms in total. The van der Waals surface area contributed by atoms with E-state index in [9.17, 15) is 9.90 Å². The van der Waals surface area contributed by atoms with E-state index in [-0.39, 0.29) is 48.9 Å². The molecule has 0 spiro atoms. The summed E-state index contributed by atoms with van der Waals surface area (Å²) in [5.41, 5.74) is 4.61. The van der Waals surface area contributed by atoms with Crippen LogP contribution in [0.5, 0.6) is 0 Å². The van der Waals surface area contributed by atoms with Gasteiger partial charge >= 0.3 is 0 Å². The first-order chi connectivity index (χ1) is 23.1. The van der Waals surface area contributed by atoms with Crippen LogP contribution in [0.3, 0.4) is 0 Å². The fourth-order valence-electron chi connectivity index (χ4n) is 7.06. The Hall–Kier alpha value is -2.70. The summed E-state index contributed by atoms with van der Waals surface area (Å²) in [6.45, 7) is 24.5. The largest absolute Gasteiger partial charge is 0.512 e. The van der Waals surface area contributed by atoms with Gasteiger partial charge in [0.25, 0.3) is 0 Å². The van der Waals surface area contributed by atoms with Crippen molar-refractivity contribution < 1.29 is 30.0 Å². The van der Waals surface area contributed by atoms with Crippen LogP contribution in [0.1, 0.15) is 93.6 Å². The molecular weight excluding hydrogens is 829 g/mol. The van der Waals surface area contributed by atoms with Gasteiger partial charge in [0.2, 0.25) is 0 Å². The smallest absolute Gasteiger partial charge is 0.162 e. The maximum atomic E-state index is 11.7. The van der Waals surface area contributed by atoms with E-state index >= 15 is 0 Å². The SMILES string of the molecule is CC(C)C[Si](C)(C)c1cc(-c2ncnc3c2sc2cc(C(C)(C)C)ccc23)[c-]c2ccccc12.CCC(CC)C(=O)/C=C(\O)C(CC)CC.[Ir]. The number of benzene rings is 3. The fourth-order valence-corrected chi connectivity index (χ4v) is 12.0. The Labute approximate surface area is 319 Å². The zero-order valence-corrected chi connectivity index (χ0v) is 36.2. The summed E-state index contributed by atoms with van der Waals surface area (Å²) in [6, 6.07) is 22.9. The molecule has 5 aromatic rings. The van der Waals surface area contributed by atoms with E-state index in [1.807, 2.05) is 39.0 Å². The number of aromatic nitrogens is 2. The number of allylic oxidation sites excluding steroid dienone is 2. The van der Waals surface area contributed by atoms with Crippen LogP contribution in [0.2, 0.25) is 19.1 Å². The molecule has 0 saturated carbocycles. The molecule has 5 rings (SSSR count). The van der Waals surface area contributed by atoms with Crippen LogP contribution in [0.25, 0.3) is 42.3 Å². The molecule has 0 unspecified atom stereocenters. The van der Waals surface area contributed by atoms with Crippen molar-refractivity contribution in [1.82, 2.24) is 9.97 Å². The van der Waals surface area contributed by atoms with Gasteiger partial charge in [0.15, 0.2) is 5.78 Å². The topological polar surface area (TPSA) is 63.1 Å². The van der Waals surface area contributed by atoms with E-state index in [0.29, 0.717) is 5.92 Å². The van der Waals surface area contributed by atoms with E-state index < -0.39 is 8.07 Å². The number of thiophene rings is 1. The molecule has 0 aliphatic rings. The van der Waals surface area contributed by atoms with Gasteiger partial charge < -0.3 is 5.11 Å². The first kappa shape index (κ1) is 41.7. The first-order valence-corrected chi connectivity index (χ1v) is 22.2. The van der Waals surface area contributed by atoms with Crippen molar-refractivity contribution in [2.24, 2.45) is 17.8 Å². The maximum absolute atomic E-state index is 11.7. The van der Waals surface area contributed by atoms with Crippen molar-refractivity contribution >= 4 is 61.5 Å². The molecule has 0 saturated heterocycles. The van der Waals surface area contributed by atoms with Gasteiger partial charge in [-0.05, 0) is 48.6 Å². The normalized spacial score (nSPS) is 12.6. The minimum Gasteiger partial charge on any atom is -0.512 e. The molecule has 1 N–H and O–H groups in total. The second-order valence-corrected chi connectivity index (χ2v) is 21.4. The molecule has 0 amide bonds. The summed E-state index contributed by atoms with van der Waals surface area (Å²) in [5, 5.41) is 15.0. The molecule has 2 heterocycles. The molecule has 0 bridgehead atoms. The fraction of sp³-hybridized carbons (Fsp3) is 0.465. The number of rotatable bonds is 11. The van der Waals surface area contributed by atoms with E-state index in [4.69, 9.17) is 9.97 Å². The third kappa shape index (κ3) is 9.58. The summed E-state index contributed by atoms with van der Waals surface area (Å²) in [7, 11) is -1.66. The Bertz CT molecular complexity index is 1930. The first-order valence-electron chi connectivity index (χ1n) is 18.2. The van der Waals surface area contributed by atoms with E-state index in [2.05, 4.69) is 102 Å². The van der Waals surface area contributed by atoms with Gasteiger partial charge in [-0.15, -0.1) is 40.1 Å². The number of hydrogen-bond donors (Lipinski definition) is 1. The molecule has 3 aromatic carbocycles. The average Bonchev–Trinajstić information content (AvgIpc) is 3.43. The van der Waals surface area contributed by atoms with Gasteiger partial charge in [-0.1, -0.05) is 123 Å². The molecule has 0 aliphatic carbocycles. The van der Waals surface area contributed by atoms with Gasteiger partial charge in [0, 0.05) is 58.5 Å². The number of aliphatic hydroxyl groups is 1. The van der Waals surface area contributed by atoms with Crippen LogP contribution < -0.4 is 5.19 Å². The summed E-state index contributed by atoms with van der Waals surface area (Å²) in [5.74, 6) is 1.23. The van der Waals surface area contributed by atoms with Gasteiger partial charge in [-0.3, -0.25) is 9.78 Å². The summed E-state index contributed by atoms with van der Waals surface area (Å²) in [4.78, 5) is 21.2. The van der Waals surface area contributed by atoms with Crippen LogP contribution >= 0.6 is 11.3 Å². The zero-order valence-electron chi connectivity index (χ0n) is 32.0. The molecular formula is C43H57IrN2O2SSi-. The van der Waals surface area contributed by atoms with Crippen LogP contribution in [0.4, 0.5) is 0 Å². The predicted octanol–water partition coefficient (Wildman–Crippen LogP) is 12.2. The van der Waals surface area contributed by atoms with Crippen molar-refractivity contribution in [3.8, 4) is 11.3 Å². The van der Waals surface area contributed by atoms with Crippen LogP contribution in [-0.4, -0.2) is 28.9 Å². The van der Waals surface area contributed by atoms with Crippen LogP contribution in [0.15, 0.2) is 66.7 Å². The van der Waals surface area contributed by atoms with Gasteiger partial charge in [0.1, 0.15) is 6.33 Å². The Morgan fingerprint density at radius 1 is 0.920 bits per heavy atom.